The Hall–Kier alpha value is -2.78. The summed E-state index contributed by atoms with van der Waals surface area (Å²) in [7, 11) is 0. The zero-order valence-corrected chi connectivity index (χ0v) is 22.6. The van der Waals surface area contributed by atoms with Gasteiger partial charge in [-0.1, -0.05) is 58.4 Å². The molecule has 0 spiro atoms. The number of carbonyl (C=O) groups is 1. The fourth-order valence-electron chi connectivity index (χ4n) is 3.98. The Balaban J connectivity index is 1.24. The first kappa shape index (κ1) is 24.9. The van der Waals surface area contributed by atoms with Crippen LogP contribution in [0.25, 0.3) is 0 Å². The highest BCUT2D eigenvalue weighted by atomic mass is 35.5. The molecule has 0 saturated carbocycles. The molecule has 1 amide bonds. The van der Waals surface area contributed by atoms with Crippen LogP contribution in [-0.4, -0.2) is 47.0 Å². The summed E-state index contributed by atoms with van der Waals surface area (Å²) in [6.45, 7) is 4.70. The van der Waals surface area contributed by atoms with Crippen LogP contribution in [0.3, 0.4) is 0 Å². The molecule has 0 radical (unpaired) electrons. The predicted molar refractivity (Wildman–Crippen MR) is 150 cm³/mol. The number of amides is 1. The summed E-state index contributed by atoms with van der Waals surface area (Å²) in [6.07, 6.45) is 3.58. The first-order chi connectivity index (χ1) is 17.4. The summed E-state index contributed by atoms with van der Waals surface area (Å²) in [4.78, 5) is 27.3. The number of pyridine rings is 1. The Kier molecular flexibility index (Phi) is 7.67. The first-order valence-electron chi connectivity index (χ1n) is 11.4. The molecule has 0 unspecified atom stereocenters. The highest BCUT2D eigenvalue weighted by Gasteiger charge is 2.24. The molecule has 184 valence electrons. The fraction of sp³-hybridized carbons (Fsp3) is 0.192. The number of rotatable bonds is 6. The van der Waals surface area contributed by atoms with Gasteiger partial charge in [0.15, 0.2) is 5.13 Å². The minimum atomic E-state index is 0.0561. The molecule has 4 aromatic rings. The Labute approximate surface area is 228 Å². The lowest BCUT2D eigenvalue weighted by Crippen LogP contribution is -2.49. The Morgan fingerprint density at radius 1 is 1.00 bits per heavy atom. The van der Waals surface area contributed by atoms with Crippen molar-refractivity contribution in [3.05, 3.63) is 88.2 Å². The average Bonchev–Trinajstić information content (AvgIpc) is 3.31. The van der Waals surface area contributed by atoms with Crippen LogP contribution >= 0.6 is 46.3 Å². The summed E-state index contributed by atoms with van der Waals surface area (Å²) in [5.74, 6) is 0.811. The van der Waals surface area contributed by atoms with Gasteiger partial charge in [0, 0.05) is 58.6 Å². The van der Waals surface area contributed by atoms with E-state index in [2.05, 4.69) is 20.2 Å². The van der Waals surface area contributed by atoms with E-state index in [1.54, 1.807) is 35.4 Å². The maximum Gasteiger partial charge on any atom is 0.254 e. The molecule has 6 nitrogen and oxygen atoms in total. The van der Waals surface area contributed by atoms with Gasteiger partial charge in [-0.15, -0.1) is 0 Å². The first-order valence-corrected chi connectivity index (χ1v) is 13.8. The average molecular weight is 557 g/mol. The highest BCUT2D eigenvalue weighted by molar-refractivity contribution is 8.01. The van der Waals surface area contributed by atoms with Crippen molar-refractivity contribution in [3.8, 4) is 0 Å². The van der Waals surface area contributed by atoms with E-state index in [-0.39, 0.29) is 5.91 Å². The molecule has 1 aliphatic heterocycles. The molecule has 0 atom stereocenters. The molecule has 10 heteroatoms. The van der Waals surface area contributed by atoms with Crippen LogP contribution < -0.4 is 10.2 Å². The monoisotopic (exact) mass is 555 g/mol. The van der Waals surface area contributed by atoms with Gasteiger partial charge in [0.05, 0.1) is 10.4 Å². The molecule has 0 aliphatic carbocycles. The van der Waals surface area contributed by atoms with Crippen LogP contribution in [0.2, 0.25) is 10.0 Å². The standard InChI is InChI=1S/C26H23Cl2N5OS2/c1-17-5-6-21(35-24-16-30-26(36-24)31-23-4-2-3-7-29-23)15-22(17)25(34)33-10-8-32(9-11-33)20-13-18(27)12-19(28)14-20/h2-7,12-16H,8-11H2,1H3,(H,29,30,31). The van der Waals surface area contributed by atoms with E-state index in [0.717, 1.165) is 50.0 Å². The molecule has 1 saturated heterocycles. The molecule has 1 N–H and O–H groups in total. The summed E-state index contributed by atoms with van der Waals surface area (Å²) in [5, 5.41) is 5.22. The van der Waals surface area contributed by atoms with Crippen LogP contribution in [-0.2, 0) is 0 Å². The lowest BCUT2D eigenvalue weighted by Gasteiger charge is -2.36. The van der Waals surface area contributed by atoms with Gasteiger partial charge in [0.25, 0.3) is 5.91 Å². The Morgan fingerprint density at radius 3 is 2.50 bits per heavy atom. The van der Waals surface area contributed by atoms with E-state index in [1.165, 1.54) is 0 Å². The number of benzene rings is 2. The van der Waals surface area contributed by atoms with Crippen molar-refractivity contribution in [2.45, 2.75) is 16.0 Å². The van der Waals surface area contributed by atoms with Gasteiger partial charge in [-0.25, -0.2) is 9.97 Å². The third-order valence-electron chi connectivity index (χ3n) is 5.82. The van der Waals surface area contributed by atoms with Crippen molar-refractivity contribution in [1.82, 2.24) is 14.9 Å². The number of aromatic nitrogens is 2. The third-order valence-corrected chi connectivity index (χ3v) is 8.26. The quantitative estimate of drug-likeness (QED) is 0.276. The van der Waals surface area contributed by atoms with Crippen molar-refractivity contribution in [1.29, 1.82) is 0 Å². The van der Waals surface area contributed by atoms with Gasteiger partial charge in [0.2, 0.25) is 0 Å². The van der Waals surface area contributed by atoms with Crippen LogP contribution in [0, 0.1) is 6.92 Å². The summed E-state index contributed by atoms with van der Waals surface area (Å²) in [5.41, 5.74) is 2.68. The molecule has 36 heavy (non-hydrogen) atoms. The number of hydrogen-bond donors (Lipinski definition) is 1. The molecule has 5 rings (SSSR count). The zero-order chi connectivity index (χ0) is 25.1. The van der Waals surface area contributed by atoms with Crippen molar-refractivity contribution in [2.75, 3.05) is 36.4 Å². The normalized spacial score (nSPS) is 13.6. The van der Waals surface area contributed by atoms with Crippen LogP contribution in [0.15, 0.2) is 76.1 Å². The summed E-state index contributed by atoms with van der Waals surface area (Å²) < 4.78 is 1.03. The molecule has 3 heterocycles. The van der Waals surface area contributed by atoms with E-state index in [9.17, 15) is 4.79 Å². The van der Waals surface area contributed by atoms with Crippen LogP contribution in [0.1, 0.15) is 15.9 Å². The number of nitrogens with one attached hydrogen (secondary N) is 1. The largest absolute Gasteiger partial charge is 0.368 e. The minimum absolute atomic E-state index is 0.0561. The molecule has 0 bridgehead atoms. The van der Waals surface area contributed by atoms with Gasteiger partial charge >= 0.3 is 0 Å². The lowest BCUT2D eigenvalue weighted by atomic mass is 10.1. The molecular formula is C26H23Cl2N5OS2. The number of hydrogen-bond acceptors (Lipinski definition) is 7. The number of piperazine rings is 1. The molecule has 1 aliphatic rings. The SMILES string of the molecule is Cc1ccc(Sc2cnc(Nc3ccccn3)s2)cc1C(=O)N1CCN(c2cc(Cl)cc(Cl)c2)CC1. The Morgan fingerprint density at radius 2 is 1.78 bits per heavy atom. The lowest BCUT2D eigenvalue weighted by molar-refractivity contribution is 0.0746. The Bertz CT molecular complexity index is 1350. The van der Waals surface area contributed by atoms with Gasteiger partial charge in [-0.3, -0.25) is 4.79 Å². The number of carbonyl (C=O) groups excluding carboxylic acids is 1. The maximum absolute atomic E-state index is 13.4. The zero-order valence-electron chi connectivity index (χ0n) is 19.4. The fourth-order valence-corrected chi connectivity index (χ4v) is 6.40. The molecule has 1 fully saturated rings. The number of thiazole rings is 1. The van der Waals surface area contributed by atoms with E-state index < -0.39 is 0 Å². The second-order valence-electron chi connectivity index (χ2n) is 8.31. The second kappa shape index (κ2) is 11.1. The van der Waals surface area contributed by atoms with Crippen LogP contribution in [0.5, 0.6) is 0 Å². The van der Waals surface area contributed by atoms with E-state index in [1.807, 2.05) is 66.6 Å². The molecular weight excluding hydrogens is 533 g/mol. The maximum atomic E-state index is 13.4. The highest BCUT2D eigenvalue weighted by Crippen LogP contribution is 2.36. The van der Waals surface area contributed by atoms with Crippen molar-refractivity contribution in [2.24, 2.45) is 0 Å². The smallest absolute Gasteiger partial charge is 0.254 e. The summed E-state index contributed by atoms with van der Waals surface area (Å²) >= 11 is 15.5. The van der Waals surface area contributed by atoms with Crippen LogP contribution in [0.4, 0.5) is 16.6 Å². The number of anilines is 3. The van der Waals surface area contributed by atoms with E-state index in [0.29, 0.717) is 23.1 Å². The predicted octanol–water partition coefficient (Wildman–Crippen LogP) is 7.01. The second-order valence-corrected chi connectivity index (χ2v) is 11.6. The van der Waals surface area contributed by atoms with Crippen molar-refractivity contribution < 1.29 is 4.79 Å². The van der Waals surface area contributed by atoms with Gasteiger partial charge in [-0.05, 0) is 55.0 Å². The minimum Gasteiger partial charge on any atom is -0.368 e. The van der Waals surface area contributed by atoms with Crippen molar-refractivity contribution >= 4 is 68.8 Å². The third kappa shape index (κ3) is 5.95. The number of halogens is 2. The number of aryl methyl sites for hydroxylation is 1. The summed E-state index contributed by atoms with van der Waals surface area (Å²) in [6, 6.07) is 17.3. The van der Waals surface area contributed by atoms with Gasteiger partial charge < -0.3 is 15.1 Å². The number of nitrogens with zero attached hydrogens (tertiary/aromatic N) is 4. The van der Waals surface area contributed by atoms with Gasteiger partial charge in [-0.2, -0.15) is 0 Å². The molecule has 2 aromatic carbocycles. The molecule has 2 aromatic heterocycles. The van der Waals surface area contributed by atoms with Crippen molar-refractivity contribution in [3.63, 3.8) is 0 Å². The van der Waals surface area contributed by atoms with E-state index in [4.69, 9.17) is 23.2 Å². The topological polar surface area (TPSA) is 61.4 Å². The van der Waals surface area contributed by atoms with E-state index >= 15 is 0 Å². The van der Waals surface area contributed by atoms with Gasteiger partial charge in [0.1, 0.15) is 5.82 Å².